The van der Waals surface area contributed by atoms with Crippen LogP contribution in [0, 0.1) is 5.92 Å². The smallest absolute Gasteiger partial charge is 0.326 e. The highest BCUT2D eigenvalue weighted by Crippen LogP contribution is 2.11. The van der Waals surface area contributed by atoms with Crippen molar-refractivity contribution in [3.05, 3.63) is 35.9 Å². The highest BCUT2D eigenvalue weighted by molar-refractivity contribution is 7.98. The monoisotopic (exact) mass is 910 g/mol. The molecular formula is C41H70N10O11S. The molecule has 0 aliphatic heterocycles. The van der Waals surface area contributed by atoms with Gasteiger partial charge in [-0.1, -0.05) is 50.6 Å². The van der Waals surface area contributed by atoms with E-state index < -0.39 is 115 Å². The fourth-order valence-electron chi connectivity index (χ4n) is 6.12. The fourth-order valence-corrected chi connectivity index (χ4v) is 6.60. The maximum Gasteiger partial charge on any atom is 0.326 e. The average Bonchev–Trinajstić information content (AvgIpc) is 3.25. The molecule has 1 aromatic carbocycles. The second-order valence-corrected chi connectivity index (χ2v) is 16.3. The number of thioether (sulfide) groups is 1. The first-order chi connectivity index (χ1) is 29.9. The van der Waals surface area contributed by atoms with E-state index in [-0.39, 0.29) is 25.7 Å². The summed E-state index contributed by atoms with van der Waals surface area (Å²) in [5.41, 5.74) is 18.1. The van der Waals surface area contributed by atoms with E-state index in [1.54, 1.807) is 20.1 Å². The zero-order chi connectivity index (χ0) is 47.5. The molecule has 0 bridgehead atoms. The van der Waals surface area contributed by atoms with E-state index in [0.29, 0.717) is 50.9 Å². The van der Waals surface area contributed by atoms with Crippen LogP contribution >= 0.6 is 11.8 Å². The Morgan fingerprint density at radius 3 is 1.70 bits per heavy atom. The molecule has 1 aromatic rings. The first kappa shape index (κ1) is 56.1. The number of aliphatic hydroxyl groups is 2. The molecule has 356 valence electrons. The SMILES string of the molecule is CC[C@H](C)[C@H](NC(=O)[C@H](CCCCN)NC(=O)[C@H](CO)NC(=O)[C@H](CCSC)NC(=O)[C@@H](NC(=O)CNC(=O)[C@H](CCCCN)NC(=O)[C@@H](N)Cc1ccccc1)[C@@H](C)O)C(=O)O. The first-order valence-electron chi connectivity index (χ1n) is 21.2. The number of hydrogen-bond donors (Lipinski definition) is 13. The number of amides is 7. The summed E-state index contributed by atoms with van der Waals surface area (Å²) in [5, 5.41) is 47.5. The van der Waals surface area contributed by atoms with E-state index in [0.717, 1.165) is 5.56 Å². The Labute approximate surface area is 373 Å². The summed E-state index contributed by atoms with van der Waals surface area (Å²) >= 11 is 1.33. The molecule has 0 aromatic heterocycles. The topological polar surface area (TPSA) is 360 Å². The van der Waals surface area contributed by atoms with Crippen molar-refractivity contribution >= 4 is 59.1 Å². The Bertz CT molecular complexity index is 1610. The molecule has 0 heterocycles. The molecule has 0 saturated carbocycles. The molecule has 0 spiro atoms. The maximum absolute atomic E-state index is 13.6. The lowest BCUT2D eigenvalue weighted by atomic mass is 9.98. The third-order valence-corrected chi connectivity index (χ3v) is 10.8. The van der Waals surface area contributed by atoms with Gasteiger partial charge < -0.3 is 69.7 Å². The third-order valence-electron chi connectivity index (χ3n) is 10.1. The molecular weight excluding hydrogens is 841 g/mol. The Hall–Kier alpha value is -4.87. The maximum atomic E-state index is 13.6. The predicted molar refractivity (Wildman–Crippen MR) is 237 cm³/mol. The van der Waals surface area contributed by atoms with Gasteiger partial charge in [0.2, 0.25) is 41.4 Å². The largest absolute Gasteiger partial charge is 0.480 e. The molecule has 7 amide bonds. The molecule has 0 radical (unpaired) electrons. The zero-order valence-electron chi connectivity index (χ0n) is 36.7. The van der Waals surface area contributed by atoms with E-state index in [1.165, 1.54) is 18.7 Å². The van der Waals surface area contributed by atoms with Crippen molar-refractivity contribution < 1.29 is 53.7 Å². The molecule has 0 fully saturated rings. The number of carbonyl (C=O) groups is 8. The lowest BCUT2D eigenvalue weighted by molar-refractivity contribution is -0.144. The lowest BCUT2D eigenvalue weighted by Gasteiger charge is -2.27. The van der Waals surface area contributed by atoms with Crippen molar-refractivity contribution in [2.24, 2.45) is 23.1 Å². The van der Waals surface area contributed by atoms with Crippen LogP contribution in [0.1, 0.15) is 77.7 Å². The normalized spacial score (nSPS) is 15.4. The van der Waals surface area contributed by atoms with Crippen LogP contribution in [-0.4, -0.2) is 149 Å². The van der Waals surface area contributed by atoms with Crippen LogP contribution in [0.25, 0.3) is 0 Å². The molecule has 0 aliphatic rings. The first-order valence-corrected chi connectivity index (χ1v) is 22.6. The second-order valence-electron chi connectivity index (χ2n) is 15.3. The van der Waals surface area contributed by atoms with Crippen molar-refractivity contribution in [3.8, 4) is 0 Å². The summed E-state index contributed by atoms with van der Waals surface area (Å²) in [4.78, 5) is 105. The van der Waals surface area contributed by atoms with Gasteiger partial charge >= 0.3 is 5.97 Å². The van der Waals surface area contributed by atoms with Gasteiger partial charge in [-0.25, -0.2) is 4.79 Å². The summed E-state index contributed by atoms with van der Waals surface area (Å²) in [6, 6.07) is -0.00245. The number of nitrogens with one attached hydrogen (secondary N) is 7. The molecule has 63 heavy (non-hydrogen) atoms. The minimum Gasteiger partial charge on any atom is -0.480 e. The van der Waals surface area contributed by atoms with Gasteiger partial charge in [0.15, 0.2) is 0 Å². The third kappa shape index (κ3) is 21.4. The van der Waals surface area contributed by atoms with Crippen molar-refractivity contribution in [1.82, 2.24) is 37.2 Å². The van der Waals surface area contributed by atoms with Gasteiger partial charge in [-0.2, -0.15) is 11.8 Å². The lowest BCUT2D eigenvalue weighted by Crippen LogP contribution is -2.61. The van der Waals surface area contributed by atoms with Gasteiger partial charge in [-0.15, -0.1) is 0 Å². The second kappa shape index (κ2) is 31.1. The Morgan fingerprint density at radius 2 is 1.17 bits per heavy atom. The highest BCUT2D eigenvalue weighted by Gasteiger charge is 2.34. The minimum atomic E-state index is -1.62. The van der Waals surface area contributed by atoms with Gasteiger partial charge in [-0.3, -0.25) is 33.6 Å². The van der Waals surface area contributed by atoms with Crippen LogP contribution in [0.4, 0.5) is 0 Å². The summed E-state index contributed by atoms with van der Waals surface area (Å²) in [6.45, 7) is 3.71. The zero-order valence-corrected chi connectivity index (χ0v) is 37.5. The van der Waals surface area contributed by atoms with Crippen LogP contribution in [0.3, 0.4) is 0 Å². The van der Waals surface area contributed by atoms with E-state index >= 15 is 0 Å². The van der Waals surface area contributed by atoms with Gasteiger partial charge in [0.25, 0.3) is 0 Å². The fraction of sp³-hybridized carbons (Fsp3) is 0.659. The van der Waals surface area contributed by atoms with Gasteiger partial charge in [-0.05, 0) is 94.9 Å². The number of aliphatic hydroxyl groups excluding tert-OH is 2. The summed E-state index contributed by atoms with van der Waals surface area (Å²) in [6.07, 6.45) is 3.13. The molecule has 16 N–H and O–H groups in total. The number of unbranched alkanes of at least 4 members (excludes halogenated alkanes) is 2. The number of carboxylic acid groups (broad SMARTS) is 1. The standard InChI is InChI=1S/C41H70N10O11S/c1-5-24(2)33(41(61)62)51-38(58)29(16-10-12-19-43)47-39(59)31(23-52)49-37(57)30(17-20-63-4)48-40(60)34(25(3)53)50-32(54)22-45-36(56)28(15-9-11-18-42)46-35(55)27(44)21-26-13-7-6-8-14-26/h6-8,13-14,24-25,27-31,33-34,52-53H,5,9-12,15-23,42-44H2,1-4H3,(H,45,56)(H,46,55)(H,47,59)(H,48,60)(H,49,57)(H,50,54)(H,51,58)(H,61,62)/t24-,25+,27-,28-,29-,30-,31-,33-,34-/m0/s1. The molecule has 0 saturated heterocycles. The van der Waals surface area contributed by atoms with E-state index in [9.17, 15) is 53.7 Å². The van der Waals surface area contributed by atoms with Crippen molar-refractivity contribution in [3.63, 3.8) is 0 Å². The van der Waals surface area contributed by atoms with Crippen LogP contribution in [0.2, 0.25) is 0 Å². The summed E-state index contributed by atoms with van der Waals surface area (Å²) < 4.78 is 0. The minimum absolute atomic E-state index is 0.0115. The molecule has 21 nitrogen and oxygen atoms in total. The highest BCUT2D eigenvalue weighted by atomic mass is 32.2. The van der Waals surface area contributed by atoms with E-state index in [4.69, 9.17) is 17.2 Å². The van der Waals surface area contributed by atoms with Crippen LogP contribution in [-0.2, 0) is 44.8 Å². The molecule has 0 unspecified atom stereocenters. The molecule has 9 atom stereocenters. The number of nitrogens with two attached hydrogens (primary N) is 3. The van der Waals surface area contributed by atoms with Gasteiger partial charge in [0.1, 0.15) is 36.3 Å². The average molecular weight is 911 g/mol. The number of rotatable bonds is 32. The number of benzene rings is 1. The van der Waals surface area contributed by atoms with E-state index in [1.807, 2.05) is 30.3 Å². The quantitative estimate of drug-likeness (QED) is 0.0323. The summed E-state index contributed by atoms with van der Waals surface area (Å²) in [7, 11) is 0. The van der Waals surface area contributed by atoms with Crippen molar-refractivity contribution in [2.75, 3.05) is 38.2 Å². The number of hydrogen-bond acceptors (Lipinski definition) is 14. The molecule has 0 aliphatic carbocycles. The molecule has 22 heteroatoms. The van der Waals surface area contributed by atoms with Crippen LogP contribution < -0.4 is 54.4 Å². The summed E-state index contributed by atoms with van der Waals surface area (Å²) in [5.74, 6) is -7.15. The number of carbonyl (C=O) groups excluding carboxylic acids is 7. The van der Waals surface area contributed by atoms with Crippen molar-refractivity contribution in [1.29, 1.82) is 0 Å². The van der Waals surface area contributed by atoms with Crippen molar-refractivity contribution in [2.45, 2.75) is 127 Å². The molecule has 1 rings (SSSR count). The van der Waals surface area contributed by atoms with Gasteiger partial charge in [0.05, 0.1) is 25.3 Å². The Kier molecular flexibility index (Phi) is 27.7. The predicted octanol–water partition coefficient (Wildman–Crippen LogP) is -2.90. The Morgan fingerprint density at radius 1 is 0.667 bits per heavy atom. The van der Waals surface area contributed by atoms with Gasteiger partial charge in [0, 0.05) is 0 Å². The van der Waals surface area contributed by atoms with E-state index in [2.05, 4.69) is 37.2 Å². The number of carboxylic acids is 1. The Balaban J connectivity index is 3.05. The van der Waals surface area contributed by atoms with Crippen LogP contribution in [0.5, 0.6) is 0 Å². The number of aliphatic carboxylic acids is 1. The van der Waals surface area contributed by atoms with Crippen LogP contribution in [0.15, 0.2) is 30.3 Å².